The highest BCUT2D eigenvalue weighted by atomic mass is 32.1. The number of ether oxygens (including phenoxy) is 3. The fraction of sp³-hybridized carbons (Fsp3) is 0.435. The lowest BCUT2D eigenvalue weighted by atomic mass is 10.1. The van der Waals surface area contributed by atoms with Gasteiger partial charge in [0, 0.05) is 0 Å². The molecule has 1 aromatic heterocycles. The van der Waals surface area contributed by atoms with E-state index in [0.29, 0.717) is 17.7 Å². The average Bonchev–Trinajstić information content (AvgIpc) is 3.01. The van der Waals surface area contributed by atoms with E-state index in [1.54, 1.807) is 46.8 Å². The summed E-state index contributed by atoms with van der Waals surface area (Å²) < 4.78 is 16.4. The summed E-state index contributed by atoms with van der Waals surface area (Å²) in [7, 11) is 0. The maximum absolute atomic E-state index is 12.9. The minimum Gasteiger partial charge on any atom is -0.481 e. The van der Waals surface area contributed by atoms with Crippen molar-refractivity contribution in [1.82, 2.24) is 0 Å². The highest BCUT2D eigenvalue weighted by Gasteiger charge is 2.30. The van der Waals surface area contributed by atoms with Crippen LogP contribution in [0.4, 0.5) is 5.00 Å². The fourth-order valence-electron chi connectivity index (χ4n) is 2.76. The number of carbonyl (C=O) groups is 3. The van der Waals surface area contributed by atoms with Crippen molar-refractivity contribution in [1.29, 1.82) is 0 Å². The first kappa shape index (κ1) is 24.4. The molecular formula is C23H29NO6S. The maximum atomic E-state index is 12.9. The lowest BCUT2D eigenvalue weighted by molar-refractivity contribution is -0.122. The molecule has 1 atom stereocenters. The molecule has 8 heteroatoms. The van der Waals surface area contributed by atoms with Gasteiger partial charge in [-0.2, -0.15) is 0 Å². The Hall–Kier alpha value is -2.87. The third-order valence-corrected chi connectivity index (χ3v) is 5.33. The van der Waals surface area contributed by atoms with Crippen molar-refractivity contribution in [3.8, 4) is 5.75 Å². The van der Waals surface area contributed by atoms with E-state index in [2.05, 4.69) is 5.32 Å². The molecule has 0 unspecified atom stereocenters. The molecule has 1 heterocycles. The van der Waals surface area contributed by atoms with Crippen LogP contribution in [0.3, 0.4) is 0 Å². The van der Waals surface area contributed by atoms with Crippen LogP contribution in [0.5, 0.6) is 5.75 Å². The smallest absolute Gasteiger partial charge is 0.348 e. The molecule has 1 N–H and O–H groups in total. The Labute approximate surface area is 186 Å². The van der Waals surface area contributed by atoms with Crippen LogP contribution in [0.1, 0.15) is 66.6 Å². The SMILES string of the molecule is CC[C@H](Oc1ccccc1)C(=O)Nc1sc(C(=O)OC(C)C)c(C)c1C(=O)OC(C)C. The Balaban J connectivity index is 2.34. The first-order chi connectivity index (χ1) is 14.6. The summed E-state index contributed by atoms with van der Waals surface area (Å²) in [4.78, 5) is 38.4. The van der Waals surface area contributed by atoms with Crippen LogP contribution in [-0.4, -0.2) is 36.2 Å². The molecule has 0 spiro atoms. The summed E-state index contributed by atoms with van der Waals surface area (Å²) in [5.41, 5.74) is 0.561. The summed E-state index contributed by atoms with van der Waals surface area (Å²) in [6, 6.07) is 9.00. The summed E-state index contributed by atoms with van der Waals surface area (Å²) in [5, 5.41) is 2.99. The van der Waals surface area contributed by atoms with E-state index in [0.717, 1.165) is 11.3 Å². The van der Waals surface area contributed by atoms with Gasteiger partial charge in [-0.15, -0.1) is 11.3 Å². The van der Waals surface area contributed by atoms with E-state index >= 15 is 0 Å². The number of nitrogens with one attached hydrogen (secondary N) is 1. The fourth-order valence-corrected chi connectivity index (χ4v) is 3.84. The number of anilines is 1. The minimum absolute atomic E-state index is 0.150. The highest BCUT2D eigenvalue weighted by molar-refractivity contribution is 7.18. The van der Waals surface area contributed by atoms with Crippen LogP contribution in [0.15, 0.2) is 30.3 Å². The number of hydrogen-bond donors (Lipinski definition) is 1. The molecule has 168 valence electrons. The zero-order valence-electron chi connectivity index (χ0n) is 18.7. The van der Waals surface area contributed by atoms with Crippen molar-refractivity contribution in [2.24, 2.45) is 0 Å². The summed E-state index contributed by atoms with van der Waals surface area (Å²) >= 11 is 0.991. The Kier molecular flexibility index (Phi) is 8.62. The van der Waals surface area contributed by atoms with E-state index in [1.807, 2.05) is 25.1 Å². The quantitative estimate of drug-likeness (QED) is 0.545. The summed E-state index contributed by atoms with van der Waals surface area (Å²) in [6.45, 7) is 10.4. The van der Waals surface area contributed by atoms with Gasteiger partial charge in [0.2, 0.25) is 0 Å². The number of hydrogen-bond acceptors (Lipinski definition) is 7. The van der Waals surface area contributed by atoms with Gasteiger partial charge < -0.3 is 19.5 Å². The Morgan fingerprint density at radius 3 is 2.10 bits per heavy atom. The van der Waals surface area contributed by atoms with E-state index in [4.69, 9.17) is 14.2 Å². The molecule has 0 aliphatic heterocycles. The van der Waals surface area contributed by atoms with Gasteiger partial charge in [-0.05, 0) is 58.7 Å². The van der Waals surface area contributed by atoms with Gasteiger partial charge in [-0.3, -0.25) is 4.79 Å². The Bertz CT molecular complexity index is 920. The van der Waals surface area contributed by atoms with Gasteiger partial charge >= 0.3 is 11.9 Å². The van der Waals surface area contributed by atoms with Gasteiger partial charge in [-0.25, -0.2) is 9.59 Å². The van der Waals surface area contributed by atoms with E-state index in [-0.39, 0.29) is 27.6 Å². The summed E-state index contributed by atoms with van der Waals surface area (Å²) in [5.74, 6) is -1.02. The first-order valence-corrected chi connectivity index (χ1v) is 11.0. The van der Waals surface area contributed by atoms with Crippen molar-refractivity contribution < 1.29 is 28.6 Å². The number of esters is 2. The number of para-hydroxylation sites is 1. The predicted molar refractivity (Wildman–Crippen MR) is 120 cm³/mol. The first-order valence-electron chi connectivity index (χ1n) is 10.2. The van der Waals surface area contributed by atoms with Crippen molar-refractivity contribution in [3.63, 3.8) is 0 Å². The van der Waals surface area contributed by atoms with Gasteiger partial charge in [-0.1, -0.05) is 25.1 Å². The van der Waals surface area contributed by atoms with E-state index < -0.39 is 23.9 Å². The predicted octanol–water partition coefficient (Wildman–Crippen LogP) is 4.98. The second-order valence-corrected chi connectivity index (χ2v) is 8.51. The van der Waals surface area contributed by atoms with E-state index in [1.165, 1.54) is 0 Å². The molecule has 0 fully saturated rings. The Morgan fingerprint density at radius 1 is 0.968 bits per heavy atom. The van der Waals surface area contributed by atoms with Crippen molar-refractivity contribution in [3.05, 3.63) is 46.3 Å². The Morgan fingerprint density at radius 2 is 1.55 bits per heavy atom. The molecule has 0 aliphatic carbocycles. The van der Waals surface area contributed by atoms with Crippen LogP contribution in [-0.2, 0) is 14.3 Å². The van der Waals surface area contributed by atoms with Gasteiger partial charge in [0.15, 0.2) is 6.10 Å². The number of thiophene rings is 1. The normalized spacial score (nSPS) is 11.9. The van der Waals surface area contributed by atoms with Crippen molar-refractivity contribution in [2.45, 2.75) is 66.3 Å². The molecule has 0 aliphatic rings. The van der Waals surface area contributed by atoms with Crippen LogP contribution in [0, 0.1) is 6.92 Å². The van der Waals surface area contributed by atoms with Gasteiger partial charge in [0.05, 0.1) is 17.8 Å². The van der Waals surface area contributed by atoms with Crippen LogP contribution in [0.2, 0.25) is 0 Å². The molecule has 7 nitrogen and oxygen atoms in total. The third-order valence-electron chi connectivity index (χ3n) is 4.14. The number of benzene rings is 1. The van der Waals surface area contributed by atoms with Crippen LogP contribution < -0.4 is 10.1 Å². The molecule has 0 saturated heterocycles. The zero-order chi connectivity index (χ0) is 23.1. The molecule has 0 saturated carbocycles. The zero-order valence-corrected chi connectivity index (χ0v) is 19.5. The molecule has 0 bridgehead atoms. The molecule has 0 radical (unpaired) electrons. The second kappa shape index (κ2) is 10.9. The topological polar surface area (TPSA) is 90.9 Å². The van der Waals surface area contributed by atoms with Crippen LogP contribution >= 0.6 is 11.3 Å². The molecular weight excluding hydrogens is 418 g/mol. The van der Waals surface area contributed by atoms with E-state index in [9.17, 15) is 14.4 Å². The van der Waals surface area contributed by atoms with Crippen molar-refractivity contribution in [2.75, 3.05) is 5.32 Å². The highest BCUT2D eigenvalue weighted by Crippen LogP contribution is 2.35. The van der Waals surface area contributed by atoms with Gasteiger partial charge in [0.1, 0.15) is 15.6 Å². The second-order valence-electron chi connectivity index (χ2n) is 7.49. The van der Waals surface area contributed by atoms with Crippen molar-refractivity contribution >= 4 is 34.2 Å². The largest absolute Gasteiger partial charge is 0.481 e. The monoisotopic (exact) mass is 447 g/mol. The molecule has 2 aromatic rings. The number of rotatable bonds is 9. The lowest BCUT2D eigenvalue weighted by Crippen LogP contribution is -2.32. The van der Waals surface area contributed by atoms with Crippen LogP contribution in [0.25, 0.3) is 0 Å². The molecule has 31 heavy (non-hydrogen) atoms. The minimum atomic E-state index is -0.773. The average molecular weight is 448 g/mol. The molecule has 1 amide bonds. The molecule has 1 aromatic carbocycles. The van der Waals surface area contributed by atoms with Gasteiger partial charge in [0.25, 0.3) is 5.91 Å². The number of carbonyl (C=O) groups excluding carboxylic acids is 3. The third kappa shape index (κ3) is 6.55. The standard InChI is InChI=1S/C23H29NO6S/c1-7-17(30-16-11-9-8-10-12-16)20(25)24-21-18(22(26)28-13(2)3)15(6)19(31-21)23(27)29-14(4)5/h8-14,17H,7H2,1-6H3,(H,24,25)/t17-/m0/s1. The lowest BCUT2D eigenvalue weighted by Gasteiger charge is -2.17. The molecule has 2 rings (SSSR count). The maximum Gasteiger partial charge on any atom is 0.348 e. The summed E-state index contributed by atoms with van der Waals surface area (Å²) in [6.07, 6.45) is -1.03. The number of amides is 1.